The van der Waals surface area contributed by atoms with Gasteiger partial charge in [0.1, 0.15) is 0 Å². The third-order valence-electron chi connectivity index (χ3n) is 4.88. The van der Waals surface area contributed by atoms with Gasteiger partial charge in [-0.15, -0.1) is 0 Å². The maximum Gasteiger partial charge on any atom is 0.335 e. The number of aromatic carboxylic acids is 1. The number of rotatable bonds is 5. The first-order valence-electron chi connectivity index (χ1n) is 9.91. The molecular weight excluding hydrogens is 428 g/mol. The number of carboxylic acid groups (broad SMARTS) is 1. The Labute approximate surface area is 191 Å². The topological polar surface area (TPSA) is 95.5 Å². The number of benzene rings is 3. The Kier molecular flexibility index (Phi) is 6.65. The Bertz CT molecular complexity index is 1180. The van der Waals surface area contributed by atoms with E-state index in [1.54, 1.807) is 30.3 Å². The summed E-state index contributed by atoms with van der Waals surface area (Å²) >= 11 is 6.29. The lowest BCUT2D eigenvalue weighted by molar-refractivity contribution is 0.0696. The van der Waals surface area contributed by atoms with E-state index in [1.807, 2.05) is 12.1 Å². The standard InChI is InChI=1S/C25H23ClN2O4/c1-25(2,3)17-12-10-15(11-13-17)22(29)28-21-19(8-5-9-20(21)26)23(30)27-18-7-4-6-16(14-18)24(31)32/h4-14H,1-3H3,(H,27,30)(H,28,29)(H,31,32). The smallest absolute Gasteiger partial charge is 0.335 e. The average Bonchev–Trinajstić information content (AvgIpc) is 2.74. The molecule has 2 amide bonds. The molecule has 6 nitrogen and oxygen atoms in total. The number of hydrogen-bond donors (Lipinski definition) is 3. The fourth-order valence-corrected chi connectivity index (χ4v) is 3.30. The second-order valence-corrected chi connectivity index (χ2v) is 8.69. The fraction of sp³-hybridized carbons (Fsp3) is 0.160. The highest BCUT2D eigenvalue weighted by molar-refractivity contribution is 6.35. The van der Waals surface area contributed by atoms with Crippen molar-refractivity contribution in [3.63, 3.8) is 0 Å². The van der Waals surface area contributed by atoms with E-state index in [1.165, 1.54) is 24.3 Å². The van der Waals surface area contributed by atoms with Crippen LogP contribution in [-0.2, 0) is 5.41 Å². The maximum atomic E-state index is 12.9. The van der Waals surface area contributed by atoms with Gasteiger partial charge in [0.15, 0.2) is 0 Å². The van der Waals surface area contributed by atoms with Crippen LogP contribution >= 0.6 is 11.6 Å². The lowest BCUT2D eigenvalue weighted by Gasteiger charge is -2.19. The molecule has 0 spiro atoms. The first-order valence-corrected chi connectivity index (χ1v) is 10.3. The van der Waals surface area contributed by atoms with Crippen molar-refractivity contribution < 1.29 is 19.5 Å². The van der Waals surface area contributed by atoms with Gasteiger partial charge in [-0.2, -0.15) is 0 Å². The van der Waals surface area contributed by atoms with Crippen LogP contribution in [0.1, 0.15) is 57.4 Å². The molecule has 0 aliphatic rings. The predicted molar refractivity (Wildman–Crippen MR) is 126 cm³/mol. The second-order valence-electron chi connectivity index (χ2n) is 8.28. The number of para-hydroxylation sites is 1. The lowest BCUT2D eigenvalue weighted by Crippen LogP contribution is -2.19. The van der Waals surface area contributed by atoms with E-state index >= 15 is 0 Å². The molecule has 3 N–H and O–H groups in total. The van der Waals surface area contributed by atoms with Crippen LogP contribution in [0.3, 0.4) is 0 Å². The molecule has 7 heteroatoms. The molecule has 3 rings (SSSR count). The molecule has 0 bridgehead atoms. The van der Waals surface area contributed by atoms with Crippen LogP contribution in [0.25, 0.3) is 0 Å². The van der Waals surface area contributed by atoms with E-state index in [2.05, 4.69) is 31.4 Å². The van der Waals surface area contributed by atoms with Crippen molar-refractivity contribution in [2.75, 3.05) is 10.6 Å². The minimum atomic E-state index is -1.10. The summed E-state index contributed by atoms with van der Waals surface area (Å²) in [6, 6.07) is 17.8. The summed E-state index contributed by atoms with van der Waals surface area (Å²) in [6.45, 7) is 6.26. The lowest BCUT2D eigenvalue weighted by atomic mass is 9.86. The Morgan fingerprint density at radius 1 is 0.812 bits per heavy atom. The zero-order chi connectivity index (χ0) is 23.5. The summed E-state index contributed by atoms with van der Waals surface area (Å²) in [7, 11) is 0. The number of anilines is 2. The number of carbonyl (C=O) groups excluding carboxylic acids is 2. The van der Waals surface area contributed by atoms with Gasteiger partial charge in [-0.05, 0) is 53.4 Å². The van der Waals surface area contributed by atoms with Gasteiger partial charge >= 0.3 is 5.97 Å². The van der Waals surface area contributed by atoms with E-state index in [-0.39, 0.29) is 27.3 Å². The fourth-order valence-electron chi connectivity index (χ4n) is 3.08. The number of carboxylic acids is 1. The second kappa shape index (κ2) is 9.24. The van der Waals surface area contributed by atoms with Gasteiger partial charge in [0.2, 0.25) is 0 Å². The molecule has 0 heterocycles. The van der Waals surface area contributed by atoms with Crippen molar-refractivity contribution in [3.05, 3.63) is 94.0 Å². The van der Waals surface area contributed by atoms with Gasteiger partial charge in [0.05, 0.1) is 21.8 Å². The molecule has 0 aliphatic heterocycles. The number of halogens is 1. The molecule has 3 aromatic carbocycles. The highest BCUT2D eigenvalue weighted by Crippen LogP contribution is 2.28. The summed E-state index contributed by atoms with van der Waals surface area (Å²) in [5.41, 5.74) is 2.16. The predicted octanol–water partition coefficient (Wildman–Crippen LogP) is 5.84. The van der Waals surface area contributed by atoms with Crippen LogP contribution in [0.15, 0.2) is 66.7 Å². The van der Waals surface area contributed by atoms with Crippen LogP contribution in [0.4, 0.5) is 11.4 Å². The number of carbonyl (C=O) groups is 3. The molecule has 0 saturated heterocycles. The van der Waals surface area contributed by atoms with Crippen LogP contribution in [-0.4, -0.2) is 22.9 Å². The minimum Gasteiger partial charge on any atom is -0.478 e. The molecule has 164 valence electrons. The van der Waals surface area contributed by atoms with Crippen molar-refractivity contribution in [2.45, 2.75) is 26.2 Å². The molecule has 0 unspecified atom stereocenters. The van der Waals surface area contributed by atoms with Gasteiger partial charge in [-0.3, -0.25) is 9.59 Å². The number of amides is 2. The number of hydrogen-bond acceptors (Lipinski definition) is 3. The molecule has 0 aliphatic carbocycles. The Morgan fingerprint density at radius 2 is 1.47 bits per heavy atom. The van der Waals surface area contributed by atoms with E-state index in [0.717, 1.165) is 5.56 Å². The zero-order valence-corrected chi connectivity index (χ0v) is 18.7. The normalized spacial score (nSPS) is 11.0. The highest BCUT2D eigenvalue weighted by atomic mass is 35.5. The first-order chi connectivity index (χ1) is 15.1. The van der Waals surface area contributed by atoms with E-state index in [9.17, 15) is 14.4 Å². The van der Waals surface area contributed by atoms with Crippen molar-refractivity contribution in [1.82, 2.24) is 0 Å². The third-order valence-corrected chi connectivity index (χ3v) is 5.19. The van der Waals surface area contributed by atoms with E-state index in [0.29, 0.717) is 11.3 Å². The van der Waals surface area contributed by atoms with Crippen molar-refractivity contribution >= 4 is 40.8 Å². The summed E-state index contributed by atoms with van der Waals surface area (Å²) in [4.78, 5) is 36.8. The molecule has 3 aromatic rings. The third kappa shape index (κ3) is 5.34. The van der Waals surface area contributed by atoms with Gasteiger partial charge < -0.3 is 15.7 Å². The summed E-state index contributed by atoms with van der Waals surface area (Å²) < 4.78 is 0. The van der Waals surface area contributed by atoms with E-state index < -0.39 is 17.8 Å². The molecule has 0 radical (unpaired) electrons. The molecule has 0 saturated carbocycles. The van der Waals surface area contributed by atoms with Crippen molar-refractivity contribution in [1.29, 1.82) is 0 Å². The molecule has 0 fully saturated rings. The molecule has 32 heavy (non-hydrogen) atoms. The van der Waals surface area contributed by atoms with Crippen molar-refractivity contribution in [3.8, 4) is 0 Å². The van der Waals surface area contributed by atoms with Crippen LogP contribution in [0.5, 0.6) is 0 Å². The summed E-state index contributed by atoms with van der Waals surface area (Å²) in [5.74, 6) is -2.04. The summed E-state index contributed by atoms with van der Waals surface area (Å²) in [5, 5.41) is 14.7. The van der Waals surface area contributed by atoms with Gasteiger partial charge in [-0.1, -0.05) is 56.6 Å². The minimum absolute atomic E-state index is 0.0407. The van der Waals surface area contributed by atoms with Crippen LogP contribution < -0.4 is 10.6 Å². The average molecular weight is 451 g/mol. The SMILES string of the molecule is CC(C)(C)c1ccc(C(=O)Nc2c(Cl)cccc2C(=O)Nc2cccc(C(=O)O)c2)cc1. The molecule has 0 atom stereocenters. The molecule has 0 aromatic heterocycles. The van der Waals surface area contributed by atoms with Crippen LogP contribution in [0, 0.1) is 0 Å². The summed E-state index contributed by atoms with van der Waals surface area (Å²) in [6.07, 6.45) is 0. The van der Waals surface area contributed by atoms with Gasteiger partial charge in [-0.25, -0.2) is 4.79 Å². The highest BCUT2D eigenvalue weighted by Gasteiger charge is 2.19. The Morgan fingerprint density at radius 3 is 2.09 bits per heavy atom. The quantitative estimate of drug-likeness (QED) is 0.455. The van der Waals surface area contributed by atoms with Crippen LogP contribution in [0.2, 0.25) is 5.02 Å². The van der Waals surface area contributed by atoms with Gasteiger partial charge in [0, 0.05) is 11.3 Å². The van der Waals surface area contributed by atoms with E-state index in [4.69, 9.17) is 16.7 Å². The number of nitrogens with one attached hydrogen (secondary N) is 2. The molecular formula is C25H23ClN2O4. The maximum absolute atomic E-state index is 12.9. The van der Waals surface area contributed by atoms with Gasteiger partial charge in [0.25, 0.3) is 11.8 Å². The zero-order valence-electron chi connectivity index (χ0n) is 17.9. The Hall–Kier alpha value is -3.64. The Balaban J connectivity index is 1.84. The monoisotopic (exact) mass is 450 g/mol. The first kappa shape index (κ1) is 23.0. The largest absolute Gasteiger partial charge is 0.478 e. The van der Waals surface area contributed by atoms with Crippen molar-refractivity contribution in [2.24, 2.45) is 0 Å².